The molecule has 0 bridgehead atoms. The fourth-order valence-electron chi connectivity index (χ4n) is 3.87. The molecule has 0 aliphatic carbocycles. The molecule has 2 aliphatic rings. The average Bonchev–Trinajstić information content (AvgIpc) is 2.73. The fraction of sp³-hybridized carbons (Fsp3) is 0.435. The molecule has 0 spiro atoms. The van der Waals surface area contributed by atoms with E-state index < -0.39 is 0 Å². The minimum atomic E-state index is 0.0997. The zero-order valence-corrected chi connectivity index (χ0v) is 16.2. The number of likely N-dealkylation sites (tertiary alicyclic amines) is 1. The lowest BCUT2D eigenvalue weighted by Crippen LogP contribution is -2.39. The summed E-state index contributed by atoms with van der Waals surface area (Å²) < 4.78 is 12.0. The lowest BCUT2D eigenvalue weighted by molar-refractivity contribution is -0.116. The summed E-state index contributed by atoms with van der Waals surface area (Å²) in [5, 5.41) is 2.92. The normalized spacial score (nSPS) is 17.6. The maximum absolute atomic E-state index is 11.5. The molecule has 1 amide bonds. The van der Waals surface area contributed by atoms with Crippen molar-refractivity contribution >= 4 is 11.6 Å². The van der Waals surface area contributed by atoms with Gasteiger partial charge < -0.3 is 19.7 Å². The number of carbonyl (C=O) groups excluding carboxylic acids is 1. The molecule has 1 N–H and O–H groups in total. The van der Waals surface area contributed by atoms with Crippen molar-refractivity contribution in [3.05, 3.63) is 54.1 Å². The summed E-state index contributed by atoms with van der Waals surface area (Å²) in [7, 11) is 0. The summed E-state index contributed by atoms with van der Waals surface area (Å²) in [6.45, 7) is 3.96. The molecule has 4 rings (SSSR count). The molecular formula is C23H28N2O3. The van der Waals surface area contributed by atoms with Crippen molar-refractivity contribution in [2.24, 2.45) is 0 Å². The molecular weight excluding hydrogens is 352 g/mol. The molecule has 2 aliphatic heterocycles. The van der Waals surface area contributed by atoms with E-state index in [1.54, 1.807) is 0 Å². The maximum Gasteiger partial charge on any atom is 0.224 e. The van der Waals surface area contributed by atoms with Crippen molar-refractivity contribution < 1.29 is 14.3 Å². The standard InChI is InChI=1S/C23H28N2O3/c26-23-10-7-18-17-21(8-9-22(18)24-23)28-20-11-14-25(15-12-20)13-4-16-27-19-5-2-1-3-6-19/h1-3,5-6,8-9,17,20H,4,7,10-16H2,(H,24,26). The minimum absolute atomic E-state index is 0.0997. The number of amides is 1. The second-order valence-electron chi connectivity index (χ2n) is 7.54. The highest BCUT2D eigenvalue weighted by Gasteiger charge is 2.21. The largest absolute Gasteiger partial charge is 0.494 e. The summed E-state index contributed by atoms with van der Waals surface area (Å²) in [4.78, 5) is 14.0. The zero-order valence-electron chi connectivity index (χ0n) is 16.2. The number of piperidine rings is 1. The van der Waals surface area contributed by atoms with E-state index in [0.29, 0.717) is 6.42 Å². The van der Waals surface area contributed by atoms with Gasteiger partial charge in [0.1, 0.15) is 17.6 Å². The van der Waals surface area contributed by atoms with Gasteiger partial charge in [-0.25, -0.2) is 0 Å². The van der Waals surface area contributed by atoms with Crippen molar-refractivity contribution in [2.45, 2.75) is 38.2 Å². The van der Waals surface area contributed by atoms with Crippen LogP contribution in [0.25, 0.3) is 0 Å². The Morgan fingerprint density at radius 1 is 1.00 bits per heavy atom. The summed E-state index contributed by atoms with van der Waals surface area (Å²) in [5.41, 5.74) is 2.10. The fourth-order valence-corrected chi connectivity index (χ4v) is 3.87. The highest BCUT2D eigenvalue weighted by Crippen LogP contribution is 2.28. The van der Waals surface area contributed by atoms with Crippen molar-refractivity contribution in [3.8, 4) is 11.5 Å². The molecule has 0 saturated carbocycles. The van der Waals surface area contributed by atoms with E-state index in [0.717, 1.165) is 69.1 Å². The van der Waals surface area contributed by atoms with Crippen LogP contribution in [0.2, 0.25) is 0 Å². The number of benzene rings is 2. The third-order valence-corrected chi connectivity index (χ3v) is 5.44. The number of aryl methyl sites for hydroxylation is 1. The van der Waals surface area contributed by atoms with Gasteiger partial charge in [-0.2, -0.15) is 0 Å². The molecule has 1 saturated heterocycles. The van der Waals surface area contributed by atoms with Crippen LogP contribution < -0.4 is 14.8 Å². The number of nitrogens with zero attached hydrogens (tertiary/aromatic N) is 1. The highest BCUT2D eigenvalue weighted by atomic mass is 16.5. The summed E-state index contributed by atoms with van der Waals surface area (Å²) in [6.07, 6.45) is 4.76. The van der Waals surface area contributed by atoms with Crippen molar-refractivity contribution in [3.63, 3.8) is 0 Å². The molecule has 5 heteroatoms. The molecule has 2 aromatic rings. The Bertz CT molecular complexity index is 786. The van der Waals surface area contributed by atoms with Crippen molar-refractivity contribution in [1.29, 1.82) is 0 Å². The number of rotatable bonds is 7. The van der Waals surface area contributed by atoms with Crippen LogP contribution in [0.1, 0.15) is 31.2 Å². The Labute approximate surface area is 166 Å². The lowest BCUT2D eigenvalue weighted by atomic mass is 10.0. The van der Waals surface area contributed by atoms with Gasteiger partial charge in [0.2, 0.25) is 5.91 Å². The molecule has 1 fully saturated rings. The maximum atomic E-state index is 11.5. The number of ether oxygens (including phenoxy) is 2. The van der Waals surface area contributed by atoms with Crippen LogP contribution in [0, 0.1) is 0 Å². The van der Waals surface area contributed by atoms with Crippen molar-refractivity contribution in [1.82, 2.24) is 4.90 Å². The molecule has 2 heterocycles. The molecule has 0 unspecified atom stereocenters. The van der Waals surface area contributed by atoms with Crippen LogP contribution in [0.4, 0.5) is 5.69 Å². The summed E-state index contributed by atoms with van der Waals surface area (Å²) in [6, 6.07) is 16.0. The van der Waals surface area contributed by atoms with E-state index in [1.807, 2.05) is 42.5 Å². The predicted octanol–water partition coefficient (Wildman–Crippen LogP) is 3.88. The van der Waals surface area contributed by atoms with E-state index in [1.165, 1.54) is 5.56 Å². The zero-order chi connectivity index (χ0) is 19.2. The highest BCUT2D eigenvalue weighted by molar-refractivity contribution is 5.93. The van der Waals surface area contributed by atoms with Gasteiger partial charge in [-0.15, -0.1) is 0 Å². The van der Waals surface area contributed by atoms with Crippen molar-refractivity contribution in [2.75, 3.05) is 31.6 Å². The molecule has 0 aromatic heterocycles. The van der Waals surface area contributed by atoms with Gasteiger partial charge >= 0.3 is 0 Å². The van der Waals surface area contributed by atoms with Crippen LogP contribution in [-0.2, 0) is 11.2 Å². The smallest absolute Gasteiger partial charge is 0.224 e. The van der Waals surface area contributed by atoms with Gasteiger partial charge in [0.25, 0.3) is 0 Å². The van der Waals surface area contributed by atoms with Crippen LogP contribution >= 0.6 is 0 Å². The van der Waals surface area contributed by atoms with E-state index in [4.69, 9.17) is 9.47 Å². The first kappa shape index (κ1) is 18.8. The summed E-state index contributed by atoms with van der Waals surface area (Å²) >= 11 is 0. The minimum Gasteiger partial charge on any atom is -0.494 e. The second kappa shape index (κ2) is 9.11. The molecule has 2 aromatic carbocycles. The Kier molecular flexibility index (Phi) is 6.12. The molecule has 0 radical (unpaired) electrons. The first-order valence-corrected chi connectivity index (χ1v) is 10.3. The van der Waals surface area contributed by atoms with Gasteiger partial charge in [-0.1, -0.05) is 18.2 Å². The third kappa shape index (κ3) is 5.04. The summed E-state index contributed by atoms with van der Waals surface area (Å²) in [5.74, 6) is 1.96. The first-order valence-electron chi connectivity index (χ1n) is 10.3. The number of carbonyl (C=O) groups is 1. The SMILES string of the molecule is O=C1CCc2cc(OC3CCN(CCCOc4ccccc4)CC3)ccc2N1. The van der Waals surface area contributed by atoms with E-state index in [-0.39, 0.29) is 12.0 Å². The Hall–Kier alpha value is -2.53. The topological polar surface area (TPSA) is 50.8 Å². The molecule has 148 valence electrons. The predicted molar refractivity (Wildman–Crippen MR) is 110 cm³/mol. The third-order valence-electron chi connectivity index (χ3n) is 5.44. The average molecular weight is 380 g/mol. The molecule has 28 heavy (non-hydrogen) atoms. The Morgan fingerprint density at radius 3 is 2.64 bits per heavy atom. The number of anilines is 1. The lowest BCUT2D eigenvalue weighted by Gasteiger charge is -2.32. The number of fused-ring (bicyclic) bond motifs is 1. The Morgan fingerprint density at radius 2 is 1.82 bits per heavy atom. The quantitative estimate of drug-likeness (QED) is 0.741. The number of para-hydroxylation sites is 1. The molecule has 0 atom stereocenters. The van der Waals surface area contributed by atoms with Crippen LogP contribution in [0.5, 0.6) is 11.5 Å². The monoisotopic (exact) mass is 380 g/mol. The van der Waals surface area contributed by atoms with Crippen LogP contribution in [0.15, 0.2) is 48.5 Å². The van der Waals surface area contributed by atoms with Gasteiger partial charge in [-0.05, 0) is 61.6 Å². The van der Waals surface area contributed by atoms with Gasteiger partial charge in [-0.3, -0.25) is 4.79 Å². The second-order valence-corrected chi connectivity index (χ2v) is 7.54. The van der Waals surface area contributed by atoms with E-state index in [2.05, 4.69) is 16.3 Å². The van der Waals surface area contributed by atoms with E-state index in [9.17, 15) is 4.79 Å². The molecule has 5 nitrogen and oxygen atoms in total. The van der Waals surface area contributed by atoms with Gasteiger partial charge in [0, 0.05) is 31.7 Å². The Balaban J connectivity index is 1.17. The van der Waals surface area contributed by atoms with E-state index >= 15 is 0 Å². The van der Waals surface area contributed by atoms with Crippen LogP contribution in [0.3, 0.4) is 0 Å². The first-order chi connectivity index (χ1) is 13.8. The number of hydrogen-bond donors (Lipinski definition) is 1. The van der Waals surface area contributed by atoms with Gasteiger partial charge in [0.15, 0.2) is 0 Å². The van der Waals surface area contributed by atoms with Gasteiger partial charge in [0.05, 0.1) is 6.61 Å². The number of nitrogens with one attached hydrogen (secondary N) is 1. The van der Waals surface area contributed by atoms with Crippen LogP contribution in [-0.4, -0.2) is 43.2 Å². The number of hydrogen-bond acceptors (Lipinski definition) is 4.